The van der Waals surface area contributed by atoms with Crippen LogP contribution in [0.25, 0.3) is 0 Å². The number of halogens is 1. The van der Waals surface area contributed by atoms with Gasteiger partial charge in [-0.25, -0.2) is 0 Å². The summed E-state index contributed by atoms with van der Waals surface area (Å²) in [6, 6.07) is 13.7. The van der Waals surface area contributed by atoms with Crippen molar-refractivity contribution < 1.29 is 18.8 Å². The fourth-order valence-electron chi connectivity index (χ4n) is 2.24. The molecule has 1 aromatic heterocycles. The van der Waals surface area contributed by atoms with Crippen LogP contribution in [0.1, 0.15) is 32.4 Å². The zero-order chi connectivity index (χ0) is 19.2. The van der Waals surface area contributed by atoms with Gasteiger partial charge in [0.2, 0.25) is 5.82 Å². The van der Waals surface area contributed by atoms with E-state index in [0.717, 1.165) is 5.56 Å². The number of aromatic nitrogens is 2. The van der Waals surface area contributed by atoms with Crippen LogP contribution in [-0.4, -0.2) is 22.0 Å². The second-order valence-electron chi connectivity index (χ2n) is 5.44. The van der Waals surface area contributed by atoms with Gasteiger partial charge in [-0.2, -0.15) is 4.98 Å². The largest absolute Gasteiger partial charge is 0.485 e. The number of hydrogen-bond acceptors (Lipinski definition) is 6. The zero-order valence-electron chi connectivity index (χ0n) is 14.0. The second-order valence-corrected chi connectivity index (χ2v) is 5.85. The Morgan fingerprint density at radius 3 is 2.67 bits per heavy atom. The van der Waals surface area contributed by atoms with Gasteiger partial charge in [0.25, 0.3) is 5.91 Å². The highest BCUT2D eigenvalue weighted by molar-refractivity contribution is 6.31. The van der Waals surface area contributed by atoms with Gasteiger partial charge in [-0.3, -0.25) is 9.59 Å². The number of ether oxygens (including phenoxy) is 1. The minimum atomic E-state index is -0.613. The molecule has 1 heterocycles. The smallest absolute Gasteiger partial charge is 0.316 e. The summed E-state index contributed by atoms with van der Waals surface area (Å²) in [6.07, 6.45) is 0. The first-order valence-corrected chi connectivity index (χ1v) is 8.28. The maximum absolute atomic E-state index is 12.1. The first-order valence-electron chi connectivity index (χ1n) is 7.90. The Hall–Kier alpha value is -3.39. The van der Waals surface area contributed by atoms with Crippen LogP contribution in [0.2, 0.25) is 5.02 Å². The van der Waals surface area contributed by atoms with E-state index in [4.69, 9.17) is 26.6 Å². The summed E-state index contributed by atoms with van der Waals surface area (Å²) in [5.74, 6) is -0.912. The average Bonchev–Trinajstić information content (AvgIpc) is 3.15. The number of amides is 2. The van der Waals surface area contributed by atoms with E-state index in [1.165, 1.54) is 0 Å². The number of carbonyl (C=O) groups excluding carboxylic acids is 2. The molecule has 3 N–H and O–H groups in total. The molecule has 0 aliphatic heterocycles. The standard InChI is InChI=1S/C18H15ClN4O4/c19-13-7-3-1-5-11(13)9-21-17(25)18-22-15(23-27-18)10-26-14-8-4-2-6-12(14)16(20)24/h1-8H,9-10H2,(H2,20,24)(H,21,25). The third-order valence-corrected chi connectivity index (χ3v) is 3.94. The van der Waals surface area contributed by atoms with Gasteiger partial charge >= 0.3 is 11.8 Å². The van der Waals surface area contributed by atoms with Crippen LogP contribution in [0, 0.1) is 0 Å². The van der Waals surface area contributed by atoms with Gasteiger partial charge in [0, 0.05) is 11.6 Å². The van der Waals surface area contributed by atoms with Crippen molar-refractivity contribution >= 4 is 23.4 Å². The summed E-state index contributed by atoms with van der Waals surface area (Å²) in [5, 5.41) is 6.88. The van der Waals surface area contributed by atoms with E-state index in [2.05, 4.69) is 15.5 Å². The van der Waals surface area contributed by atoms with Crippen molar-refractivity contribution in [1.82, 2.24) is 15.5 Å². The van der Waals surface area contributed by atoms with E-state index in [1.54, 1.807) is 42.5 Å². The molecular weight excluding hydrogens is 372 g/mol. The van der Waals surface area contributed by atoms with Crippen LogP contribution < -0.4 is 15.8 Å². The van der Waals surface area contributed by atoms with Crippen molar-refractivity contribution in [1.29, 1.82) is 0 Å². The van der Waals surface area contributed by atoms with Gasteiger partial charge in [-0.15, -0.1) is 0 Å². The number of nitrogens with zero attached hydrogens (tertiary/aromatic N) is 2. The van der Waals surface area contributed by atoms with Crippen LogP contribution in [0.5, 0.6) is 5.75 Å². The number of para-hydroxylation sites is 1. The summed E-state index contributed by atoms with van der Waals surface area (Å²) in [7, 11) is 0. The maximum Gasteiger partial charge on any atom is 0.316 e. The van der Waals surface area contributed by atoms with Gasteiger partial charge in [0.15, 0.2) is 6.61 Å². The Balaban J connectivity index is 1.59. The molecule has 0 fully saturated rings. The molecule has 0 spiro atoms. The molecule has 27 heavy (non-hydrogen) atoms. The Bertz CT molecular complexity index is 973. The van der Waals surface area contributed by atoms with E-state index in [1.807, 2.05) is 6.07 Å². The molecule has 8 nitrogen and oxygen atoms in total. The summed E-state index contributed by atoms with van der Waals surface area (Å²) < 4.78 is 10.4. The third kappa shape index (κ3) is 4.62. The molecule has 0 unspecified atom stereocenters. The molecule has 2 aromatic carbocycles. The van der Waals surface area contributed by atoms with Gasteiger partial charge in [-0.1, -0.05) is 47.1 Å². The van der Waals surface area contributed by atoms with Crippen molar-refractivity contribution in [3.05, 3.63) is 76.4 Å². The average molecular weight is 387 g/mol. The van der Waals surface area contributed by atoms with Crippen LogP contribution in [-0.2, 0) is 13.2 Å². The minimum Gasteiger partial charge on any atom is -0.485 e. The van der Waals surface area contributed by atoms with Crippen LogP contribution >= 0.6 is 11.6 Å². The van der Waals surface area contributed by atoms with E-state index in [9.17, 15) is 9.59 Å². The normalized spacial score (nSPS) is 10.4. The number of primary amides is 1. The zero-order valence-corrected chi connectivity index (χ0v) is 14.8. The quantitative estimate of drug-likeness (QED) is 0.642. The molecule has 9 heteroatoms. The van der Waals surface area contributed by atoms with E-state index < -0.39 is 11.8 Å². The molecule has 0 atom stereocenters. The highest BCUT2D eigenvalue weighted by atomic mass is 35.5. The lowest BCUT2D eigenvalue weighted by molar-refractivity contribution is 0.0906. The molecule has 2 amide bonds. The van der Waals surface area contributed by atoms with Crippen LogP contribution in [0.3, 0.4) is 0 Å². The third-order valence-electron chi connectivity index (χ3n) is 3.57. The van der Waals surface area contributed by atoms with Gasteiger partial charge in [0.05, 0.1) is 5.56 Å². The predicted octanol–water partition coefficient (Wildman–Crippen LogP) is 2.33. The minimum absolute atomic E-state index is 0.0917. The molecular formula is C18H15ClN4O4. The Kier molecular flexibility index (Phi) is 5.68. The molecule has 138 valence electrons. The molecule has 0 aliphatic carbocycles. The van der Waals surface area contributed by atoms with Crippen LogP contribution in [0.15, 0.2) is 53.1 Å². The maximum atomic E-state index is 12.1. The van der Waals surface area contributed by atoms with Crippen molar-refractivity contribution in [2.45, 2.75) is 13.2 Å². The van der Waals surface area contributed by atoms with Crippen molar-refractivity contribution in [3.63, 3.8) is 0 Å². The van der Waals surface area contributed by atoms with Gasteiger partial charge < -0.3 is 20.3 Å². The number of carbonyl (C=O) groups is 2. The second kappa shape index (κ2) is 8.33. The van der Waals surface area contributed by atoms with Crippen molar-refractivity contribution in [3.8, 4) is 5.75 Å². The molecule has 3 rings (SSSR count). The lowest BCUT2D eigenvalue weighted by atomic mass is 10.2. The number of hydrogen-bond donors (Lipinski definition) is 2. The monoisotopic (exact) mass is 386 g/mol. The number of nitrogens with two attached hydrogens (primary N) is 1. The van der Waals surface area contributed by atoms with Crippen molar-refractivity contribution in [2.75, 3.05) is 0 Å². The Morgan fingerprint density at radius 2 is 1.89 bits per heavy atom. The molecule has 3 aromatic rings. The summed E-state index contributed by atoms with van der Waals surface area (Å²) >= 11 is 6.04. The topological polar surface area (TPSA) is 120 Å². The summed E-state index contributed by atoms with van der Waals surface area (Å²) in [6.45, 7) is 0.129. The number of benzene rings is 2. The van der Waals surface area contributed by atoms with Crippen molar-refractivity contribution in [2.24, 2.45) is 5.73 Å². The van der Waals surface area contributed by atoms with Gasteiger partial charge in [-0.05, 0) is 23.8 Å². The lowest BCUT2D eigenvalue weighted by Crippen LogP contribution is -2.23. The molecule has 0 saturated carbocycles. The van der Waals surface area contributed by atoms with E-state index in [0.29, 0.717) is 10.8 Å². The number of rotatable bonds is 7. The lowest BCUT2D eigenvalue weighted by Gasteiger charge is -2.06. The highest BCUT2D eigenvalue weighted by Crippen LogP contribution is 2.18. The first-order chi connectivity index (χ1) is 13.0. The predicted molar refractivity (Wildman–Crippen MR) is 96.2 cm³/mol. The van der Waals surface area contributed by atoms with E-state index >= 15 is 0 Å². The molecule has 0 bridgehead atoms. The summed E-state index contributed by atoms with van der Waals surface area (Å²) in [5.41, 5.74) is 6.29. The van der Waals surface area contributed by atoms with Gasteiger partial charge in [0.1, 0.15) is 5.75 Å². The highest BCUT2D eigenvalue weighted by Gasteiger charge is 2.16. The molecule has 0 radical (unpaired) electrons. The van der Waals surface area contributed by atoms with Crippen LogP contribution in [0.4, 0.5) is 0 Å². The fraction of sp³-hybridized carbons (Fsp3) is 0.111. The number of nitrogens with one attached hydrogen (secondary N) is 1. The SMILES string of the molecule is NC(=O)c1ccccc1OCc1noc(C(=O)NCc2ccccc2Cl)n1. The first kappa shape index (κ1) is 18.4. The van der Waals surface area contributed by atoms with E-state index in [-0.39, 0.29) is 30.4 Å². The molecule has 0 saturated heterocycles. The Labute approximate surface area is 159 Å². The Morgan fingerprint density at radius 1 is 1.15 bits per heavy atom. The fourth-order valence-corrected chi connectivity index (χ4v) is 2.44. The summed E-state index contributed by atoms with van der Waals surface area (Å²) in [4.78, 5) is 27.4. The molecule has 0 aliphatic rings.